The van der Waals surface area contributed by atoms with Gasteiger partial charge < -0.3 is 19.7 Å². The van der Waals surface area contributed by atoms with Gasteiger partial charge in [-0.15, -0.1) is 0 Å². The van der Waals surface area contributed by atoms with Crippen LogP contribution in [0.2, 0.25) is 0 Å². The van der Waals surface area contributed by atoms with Gasteiger partial charge in [-0.25, -0.2) is 19.2 Å². The highest BCUT2D eigenvalue weighted by atomic mass is 19.1. The fourth-order valence-electron chi connectivity index (χ4n) is 3.98. The first-order chi connectivity index (χ1) is 17.0. The number of aryl methyl sites for hydroxylation is 2. The number of benzene rings is 2. The van der Waals surface area contributed by atoms with Crippen molar-refractivity contribution in [2.45, 2.75) is 32.1 Å². The minimum atomic E-state index is -0.557. The van der Waals surface area contributed by atoms with Crippen molar-refractivity contribution in [3.8, 4) is 5.75 Å². The minimum Gasteiger partial charge on any atom is -0.494 e. The van der Waals surface area contributed by atoms with Gasteiger partial charge in [0, 0.05) is 36.7 Å². The van der Waals surface area contributed by atoms with Crippen LogP contribution in [0.25, 0.3) is 0 Å². The van der Waals surface area contributed by atoms with Gasteiger partial charge in [-0.2, -0.15) is 0 Å². The summed E-state index contributed by atoms with van der Waals surface area (Å²) in [6.07, 6.45) is 6.72. The highest BCUT2D eigenvalue weighted by Gasteiger charge is 2.19. The largest absolute Gasteiger partial charge is 0.494 e. The van der Waals surface area contributed by atoms with Crippen LogP contribution >= 0.6 is 0 Å². The number of anilines is 3. The zero-order chi connectivity index (χ0) is 24.8. The SMILES string of the molecule is COC(=O)c1cc(CCc2cnc(Nc3ccc(N4CCCCC4=O)cc3)nc2)c(F)c(OC)c1. The Morgan fingerprint density at radius 1 is 1.09 bits per heavy atom. The van der Waals surface area contributed by atoms with Gasteiger partial charge in [0.2, 0.25) is 11.9 Å². The summed E-state index contributed by atoms with van der Waals surface area (Å²) in [5.41, 5.74) is 3.08. The molecule has 1 fully saturated rings. The molecule has 4 rings (SSSR count). The molecule has 0 aliphatic carbocycles. The molecule has 1 aromatic heterocycles. The Morgan fingerprint density at radius 3 is 2.49 bits per heavy atom. The van der Waals surface area contributed by atoms with E-state index in [-0.39, 0.29) is 17.2 Å². The van der Waals surface area contributed by atoms with E-state index >= 15 is 0 Å². The number of nitrogens with zero attached hydrogens (tertiary/aromatic N) is 3. The number of halogens is 1. The molecule has 1 aliphatic heterocycles. The molecule has 1 amide bonds. The molecular formula is C26H27FN4O4. The summed E-state index contributed by atoms with van der Waals surface area (Å²) in [5.74, 6) is -0.482. The third-order valence-electron chi connectivity index (χ3n) is 5.90. The molecule has 0 unspecified atom stereocenters. The topological polar surface area (TPSA) is 93.7 Å². The van der Waals surface area contributed by atoms with E-state index in [1.807, 2.05) is 29.2 Å². The number of piperidine rings is 1. The molecule has 2 aromatic carbocycles. The van der Waals surface area contributed by atoms with Crippen molar-refractivity contribution in [1.82, 2.24) is 9.97 Å². The summed E-state index contributed by atoms with van der Waals surface area (Å²) in [7, 11) is 2.62. The minimum absolute atomic E-state index is 0.00521. The number of nitrogens with one attached hydrogen (secondary N) is 1. The molecule has 2 heterocycles. The Kier molecular flexibility index (Phi) is 7.54. The number of esters is 1. The lowest BCUT2D eigenvalue weighted by atomic mass is 10.0. The van der Waals surface area contributed by atoms with Gasteiger partial charge in [-0.1, -0.05) is 0 Å². The smallest absolute Gasteiger partial charge is 0.337 e. The van der Waals surface area contributed by atoms with Crippen LogP contribution in [0.15, 0.2) is 48.8 Å². The third kappa shape index (κ3) is 5.74. The zero-order valence-corrected chi connectivity index (χ0v) is 19.7. The number of carbonyl (C=O) groups is 2. The summed E-state index contributed by atoms with van der Waals surface area (Å²) < 4.78 is 24.5. The summed E-state index contributed by atoms with van der Waals surface area (Å²) in [6, 6.07) is 10.4. The fourth-order valence-corrected chi connectivity index (χ4v) is 3.98. The third-order valence-corrected chi connectivity index (χ3v) is 5.90. The molecule has 1 saturated heterocycles. The second-order valence-electron chi connectivity index (χ2n) is 8.23. The van der Waals surface area contributed by atoms with Gasteiger partial charge in [-0.3, -0.25) is 4.79 Å². The standard InChI is InChI=1S/C26H27FN4O4/c1-34-22-14-19(25(33)35-2)13-18(24(22)27)7-6-17-15-28-26(29-16-17)30-20-8-10-21(11-9-20)31-12-4-3-5-23(31)32/h8-11,13-16H,3-7,12H2,1-2H3,(H,28,29,30). The number of methoxy groups -OCH3 is 2. The van der Waals surface area contributed by atoms with Gasteiger partial charge in [-0.05, 0) is 73.2 Å². The lowest BCUT2D eigenvalue weighted by molar-refractivity contribution is -0.119. The Hall–Kier alpha value is -4.01. The molecule has 0 bridgehead atoms. The van der Waals surface area contributed by atoms with Crippen molar-refractivity contribution in [3.63, 3.8) is 0 Å². The van der Waals surface area contributed by atoms with Crippen LogP contribution < -0.4 is 15.0 Å². The first kappa shape index (κ1) is 24.1. The lowest BCUT2D eigenvalue weighted by Gasteiger charge is -2.26. The predicted molar refractivity (Wildman–Crippen MR) is 130 cm³/mol. The molecular weight excluding hydrogens is 451 g/mol. The maximum Gasteiger partial charge on any atom is 0.337 e. The maximum atomic E-state index is 14.7. The van der Waals surface area contributed by atoms with E-state index in [1.165, 1.54) is 26.4 Å². The van der Waals surface area contributed by atoms with Crippen molar-refractivity contribution >= 4 is 29.2 Å². The normalized spacial score (nSPS) is 13.5. The Bertz CT molecular complexity index is 1200. The molecule has 1 aliphatic rings. The van der Waals surface area contributed by atoms with Crippen molar-refractivity contribution in [2.75, 3.05) is 31.0 Å². The van der Waals surface area contributed by atoms with Crippen LogP contribution in [-0.4, -0.2) is 42.6 Å². The lowest BCUT2D eigenvalue weighted by Crippen LogP contribution is -2.35. The van der Waals surface area contributed by atoms with E-state index in [0.717, 1.165) is 36.3 Å². The van der Waals surface area contributed by atoms with E-state index in [4.69, 9.17) is 9.47 Å². The van der Waals surface area contributed by atoms with E-state index in [1.54, 1.807) is 12.4 Å². The number of rotatable bonds is 8. The Morgan fingerprint density at radius 2 is 1.83 bits per heavy atom. The number of amides is 1. The average Bonchev–Trinajstić information content (AvgIpc) is 2.89. The zero-order valence-electron chi connectivity index (χ0n) is 19.7. The predicted octanol–water partition coefficient (Wildman–Crippen LogP) is 4.46. The van der Waals surface area contributed by atoms with E-state index in [0.29, 0.717) is 30.8 Å². The van der Waals surface area contributed by atoms with Crippen LogP contribution in [0.1, 0.15) is 40.7 Å². The second-order valence-corrected chi connectivity index (χ2v) is 8.23. The molecule has 35 heavy (non-hydrogen) atoms. The summed E-state index contributed by atoms with van der Waals surface area (Å²) in [4.78, 5) is 34.5. The number of aromatic nitrogens is 2. The summed E-state index contributed by atoms with van der Waals surface area (Å²) in [6.45, 7) is 0.750. The van der Waals surface area contributed by atoms with Gasteiger partial charge >= 0.3 is 5.97 Å². The number of carbonyl (C=O) groups excluding carboxylic acids is 2. The quantitative estimate of drug-likeness (QED) is 0.478. The monoisotopic (exact) mass is 478 g/mol. The van der Waals surface area contributed by atoms with Crippen LogP contribution in [-0.2, 0) is 22.4 Å². The van der Waals surface area contributed by atoms with Gasteiger partial charge in [0.1, 0.15) is 0 Å². The van der Waals surface area contributed by atoms with E-state index in [9.17, 15) is 14.0 Å². The van der Waals surface area contributed by atoms with Crippen molar-refractivity contribution in [3.05, 3.63) is 71.3 Å². The van der Waals surface area contributed by atoms with Gasteiger partial charge in [0.05, 0.1) is 19.8 Å². The molecule has 9 heteroatoms. The molecule has 0 radical (unpaired) electrons. The van der Waals surface area contributed by atoms with Gasteiger partial charge in [0.25, 0.3) is 0 Å². The first-order valence-electron chi connectivity index (χ1n) is 11.4. The maximum absolute atomic E-state index is 14.7. The number of hydrogen-bond donors (Lipinski definition) is 1. The highest BCUT2D eigenvalue weighted by Crippen LogP contribution is 2.26. The van der Waals surface area contributed by atoms with Crippen LogP contribution in [0.3, 0.4) is 0 Å². The van der Waals surface area contributed by atoms with E-state index in [2.05, 4.69) is 15.3 Å². The first-order valence-corrected chi connectivity index (χ1v) is 11.4. The Balaban J connectivity index is 1.38. The van der Waals surface area contributed by atoms with Crippen molar-refractivity contribution < 1.29 is 23.5 Å². The summed E-state index contributed by atoms with van der Waals surface area (Å²) in [5, 5.41) is 3.14. The molecule has 1 N–H and O–H groups in total. The molecule has 0 atom stereocenters. The molecule has 182 valence electrons. The number of hydrogen-bond acceptors (Lipinski definition) is 7. The van der Waals surface area contributed by atoms with Gasteiger partial charge in [0.15, 0.2) is 11.6 Å². The van der Waals surface area contributed by atoms with E-state index < -0.39 is 11.8 Å². The molecule has 8 nitrogen and oxygen atoms in total. The molecule has 0 saturated carbocycles. The van der Waals surface area contributed by atoms with Crippen LogP contribution in [0.4, 0.5) is 21.7 Å². The van der Waals surface area contributed by atoms with Crippen LogP contribution in [0.5, 0.6) is 5.75 Å². The second kappa shape index (κ2) is 10.9. The average molecular weight is 479 g/mol. The fraction of sp³-hybridized carbons (Fsp3) is 0.308. The van der Waals surface area contributed by atoms with Crippen molar-refractivity contribution in [1.29, 1.82) is 0 Å². The number of ether oxygens (including phenoxy) is 2. The van der Waals surface area contributed by atoms with Crippen LogP contribution in [0, 0.1) is 5.82 Å². The summed E-state index contributed by atoms with van der Waals surface area (Å²) >= 11 is 0. The molecule has 0 spiro atoms. The Labute approximate surface area is 203 Å². The van der Waals surface area contributed by atoms with Crippen molar-refractivity contribution in [2.24, 2.45) is 0 Å². The molecule has 3 aromatic rings. The highest BCUT2D eigenvalue weighted by molar-refractivity contribution is 5.94.